The van der Waals surface area contributed by atoms with Gasteiger partial charge in [0.2, 0.25) is 11.8 Å². The third-order valence-corrected chi connectivity index (χ3v) is 5.05. The van der Waals surface area contributed by atoms with E-state index < -0.39 is 30.5 Å². The van der Waals surface area contributed by atoms with E-state index in [1.807, 2.05) is 20.8 Å². The normalized spacial score (nSPS) is 16.9. The van der Waals surface area contributed by atoms with Gasteiger partial charge in [-0.05, 0) is 41.9 Å². The van der Waals surface area contributed by atoms with Gasteiger partial charge >= 0.3 is 6.18 Å². The van der Waals surface area contributed by atoms with Crippen LogP contribution in [0.4, 0.5) is 18.9 Å². The number of carbonyl (C=O) groups excluding carboxylic acids is 2. The Morgan fingerprint density at radius 1 is 1.21 bits per heavy atom. The second-order valence-corrected chi connectivity index (χ2v) is 8.63. The Kier molecular flexibility index (Phi) is 7.56. The first-order valence-electron chi connectivity index (χ1n) is 9.41. The maximum Gasteiger partial charge on any atom is 0.397 e. The lowest BCUT2D eigenvalue weighted by Gasteiger charge is -2.30. The second-order valence-electron chi connectivity index (χ2n) is 8.22. The van der Waals surface area contributed by atoms with Crippen molar-refractivity contribution in [1.29, 1.82) is 0 Å². The van der Waals surface area contributed by atoms with E-state index in [9.17, 15) is 22.8 Å². The van der Waals surface area contributed by atoms with Gasteiger partial charge in [-0.2, -0.15) is 13.2 Å². The highest BCUT2D eigenvalue weighted by Gasteiger charge is 2.36. The summed E-state index contributed by atoms with van der Waals surface area (Å²) in [6.07, 6.45) is -5.34. The van der Waals surface area contributed by atoms with Crippen molar-refractivity contribution < 1.29 is 27.5 Å². The van der Waals surface area contributed by atoms with Crippen LogP contribution in [-0.2, 0) is 19.7 Å². The largest absolute Gasteiger partial charge is 0.397 e. The molecule has 0 aliphatic carbocycles. The molecule has 162 valence electrons. The summed E-state index contributed by atoms with van der Waals surface area (Å²) < 4.78 is 42.8. The zero-order chi connectivity index (χ0) is 21.8. The van der Waals surface area contributed by atoms with Crippen molar-refractivity contribution in [2.75, 3.05) is 18.5 Å². The third kappa shape index (κ3) is 7.19. The summed E-state index contributed by atoms with van der Waals surface area (Å²) in [7, 11) is 0. The van der Waals surface area contributed by atoms with Gasteiger partial charge < -0.3 is 15.4 Å². The van der Waals surface area contributed by atoms with Gasteiger partial charge in [-0.3, -0.25) is 9.59 Å². The number of anilines is 1. The van der Waals surface area contributed by atoms with Crippen LogP contribution in [0, 0.1) is 5.92 Å². The molecule has 2 rings (SSSR count). The molecule has 0 spiro atoms. The molecule has 5 nitrogen and oxygen atoms in total. The lowest BCUT2D eigenvalue weighted by molar-refractivity contribution is -0.155. The Bertz CT molecular complexity index is 741. The molecule has 1 heterocycles. The number of carbonyl (C=O) groups is 2. The fourth-order valence-electron chi connectivity index (χ4n) is 3.27. The van der Waals surface area contributed by atoms with Crippen molar-refractivity contribution in [2.24, 2.45) is 5.92 Å². The summed E-state index contributed by atoms with van der Waals surface area (Å²) in [5, 5.41) is 5.39. The van der Waals surface area contributed by atoms with Crippen LogP contribution in [0.1, 0.15) is 45.6 Å². The molecule has 1 saturated heterocycles. The van der Waals surface area contributed by atoms with Gasteiger partial charge in [0.15, 0.2) is 0 Å². The number of rotatable bonds is 5. The Balaban J connectivity index is 2.16. The smallest absolute Gasteiger partial charge is 0.381 e. The van der Waals surface area contributed by atoms with Crippen LogP contribution in [0.2, 0.25) is 5.02 Å². The van der Waals surface area contributed by atoms with Crippen LogP contribution in [0.25, 0.3) is 0 Å². The van der Waals surface area contributed by atoms with E-state index >= 15 is 0 Å². The first-order valence-corrected chi connectivity index (χ1v) is 9.79. The molecule has 0 aromatic heterocycles. The molecule has 2 amide bonds. The lowest BCUT2D eigenvalue weighted by Crippen LogP contribution is -2.50. The van der Waals surface area contributed by atoms with E-state index in [2.05, 4.69) is 10.6 Å². The van der Waals surface area contributed by atoms with Crippen LogP contribution >= 0.6 is 11.6 Å². The number of alkyl halides is 3. The Morgan fingerprint density at radius 2 is 1.83 bits per heavy atom. The summed E-state index contributed by atoms with van der Waals surface area (Å²) in [5.74, 6) is -2.12. The van der Waals surface area contributed by atoms with E-state index in [1.165, 1.54) is 0 Å². The third-order valence-electron chi connectivity index (χ3n) is 4.74. The molecule has 1 aliphatic heterocycles. The Hall–Kier alpha value is -1.80. The maximum absolute atomic E-state index is 12.8. The van der Waals surface area contributed by atoms with Gasteiger partial charge in [0.25, 0.3) is 0 Å². The molecular formula is C20H26ClF3N2O3. The first kappa shape index (κ1) is 23.5. The van der Waals surface area contributed by atoms with Crippen LogP contribution in [-0.4, -0.2) is 37.2 Å². The minimum atomic E-state index is -4.64. The van der Waals surface area contributed by atoms with Crippen LogP contribution in [0.3, 0.4) is 0 Å². The van der Waals surface area contributed by atoms with Gasteiger partial charge in [0.1, 0.15) is 12.5 Å². The van der Waals surface area contributed by atoms with Gasteiger partial charge in [-0.15, -0.1) is 0 Å². The van der Waals surface area contributed by atoms with Crippen molar-refractivity contribution in [3.05, 3.63) is 28.8 Å². The predicted molar refractivity (Wildman–Crippen MR) is 105 cm³/mol. The number of hydrogen-bond acceptors (Lipinski definition) is 3. The molecular weight excluding hydrogens is 409 g/mol. The summed E-state index contributed by atoms with van der Waals surface area (Å²) >= 11 is 6.32. The van der Waals surface area contributed by atoms with Gasteiger partial charge in [-0.25, -0.2) is 0 Å². The summed E-state index contributed by atoms with van der Waals surface area (Å²) in [6.45, 7) is 6.78. The van der Waals surface area contributed by atoms with Crippen molar-refractivity contribution in [3.8, 4) is 0 Å². The molecule has 1 aliphatic rings. The molecule has 29 heavy (non-hydrogen) atoms. The fraction of sp³-hybridized carbons (Fsp3) is 0.600. The SMILES string of the molecule is CC(C)(C)c1ccc(NC(=O)C(NC(=O)CC(F)(F)F)C2CCOCC2)cc1Cl. The molecule has 1 aromatic rings. The number of nitrogens with one attached hydrogen (secondary N) is 2. The molecule has 9 heteroatoms. The quantitative estimate of drug-likeness (QED) is 0.720. The number of amides is 2. The van der Waals surface area contributed by atoms with Crippen molar-refractivity contribution >= 4 is 29.1 Å². The molecule has 0 bridgehead atoms. The zero-order valence-corrected chi connectivity index (χ0v) is 17.4. The van der Waals surface area contributed by atoms with E-state index in [0.29, 0.717) is 36.8 Å². The van der Waals surface area contributed by atoms with Gasteiger partial charge in [0.05, 0.1) is 0 Å². The van der Waals surface area contributed by atoms with E-state index in [-0.39, 0.29) is 11.3 Å². The summed E-state index contributed by atoms with van der Waals surface area (Å²) in [4.78, 5) is 24.6. The average molecular weight is 435 g/mol. The van der Waals surface area contributed by atoms with Crippen molar-refractivity contribution in [2.45, 2.75) is 57.7 Å². The topological polar surface area (TPSA) is 67.4 Å². The molecule has 2 N–H and O–H groups in total. The number of halogens is 4. The molecule has 0 radical (unpaired) electrons. The highest BCUT2D eigenvalue weighted by Crippen LogP contribution is 2.31. The standard InChI is InChI=1S/C20H26ClF3N2O3/c1-19(2,3)14-5-4-13(10-15(14)21)25-18(28)17(12-6-8-29-9-7-12)26-16(27)11-20(22,23)24/h4-5,10,12,17H,6-9,11H2,1-3H3,(H,25,28)(H,26,27). The van der Waals surface area contributed by atoms with Crippen molar-refractivity contribution in [3.63, 3.8) is 0 Å². The number of benzene rings is 1. The summed E-state index contributed by atoms with van der Waals surface area (Å²) in [5.41, 5.74) is 1.13. The zero-order valence-electron chi connectivity index (χ0n) is 16.7. The molecule has 1 atom stereocenters. The second kappa shape index (κ2) is 9.34. The fourth-order valence-corrected chi connectivity index (χ4v) is 3.74. The number of ether oxygens (including phenoxy) is 1. The molecule has 1 unspecified atom stereocenters. The predicted octanol–water partition coefficient (Wildman–Crippen LogP) is 4.44. The van der Waals surface area contributed by atoms with E-state index in [4.69, 9.17) is 16.3 Å². The Labute approximate surface area is 173 Å². The monoisotopic (exact) mass is 434 g/mol. The Morgan fingerprint density at radius 3 is 2.34 bits per heavy atom. The highest BCUT2D eigenvalue weighted by molar-refractivity contribution is 6.31. The van der Waals surface area contributed by atoms with Crippen molar-refractivity contribution in [1.82, 2.24) is 5.32 Å². The highest BCUT2D eigenvalue weighted by atomic mass is 35.5. The minimum Gasteiger partial charge on any atom is -0.381 e. The molecule has 1 fully saturated rings. The van der Waals surface area contributed by atoms with Crippen LogP contribution in [0.5, 0.6) is 0 Å². The average Bonchev–Trinajstić information content (AvgIpc) is 2.57. The minimum absolute atomic E-state index is 0.185. The van der Waals surface area contributed by atoms with Gasteiger partial charge in [0, 0.05) is 23.9 Å². The molecule has 0 saturated carbocycles. The number of hydrogen-bond donors (Lipinski definition) is 2. The van der Waals surface area contributed by atoms with Crippen LogP contribution in [0.15, 0.2) is 18.2 Å². The lowest BCUT2D eigenvalue weighted by atomic mass is 9.87. The van der Waals surface area contributed by atoms with E-state index in [0.717, 1.165) is 5.56 Å². The summed E-state index contributed by atoms with van der Waals surface area (Å²) in [6, 6.07) is 3.99. The molecule has 1 aromatic carbocycles. The van der Waals surface area contributed by atoms with Crippen LogP contribution < -0.4 is 10.6 Å². The first-order chi connectivity index (χ1) is 13.4. The maximum atomic E-state index is 12.8. The van der Waals surface area contributed by atoms with Gasteiger partial charge in [-0.1, -0.05) is 38.4 Å². The van der Waals surface area contributed by atoms with E-state index in [1.54, 1.807) is 18.2 Å².